The summed E-state index contributed by atoms with van der Waals surface area (Å²) in [6.07, 6.45) is 1.38. The fraction of sp³-hybridized carbons (Fsp3) is 0.118. The second-order valence-corrected chi connectivity index (χ2v) is 6.27. The topological polar surface area (TPSA) is 81.4 Å². The van der Waals surface area contributed by atoms with Gasteiger partial charge in [0.25, 0.3) is 5.91 Å². The van der Waals surface area contributed by atoms with Crippen molar-refractivity contribution in [3.8, 4) is 10.6 Å². The van der Waals surface area contributed by atoms with Crippen LogP contribution < -0.4 is 5.32 Å². The molecule has 2 heterocycles. The molecule has 3 rings (SSSR count). The van der Waals surface area contributed by atoms with E-state index in [4.69, 9.17) is 20.8 Å². The first-order valence-electron chi connectivity index (χ1n) is 7.29. The smallest absolute Gasteiger partial charge is 0.325 e. The minimum absolute atomic E-state index is 0.0412. The zero-order valence-electron chi connectivity index (χ0n) is 12.9. The molecule has 0 aliphatic rings. The number of rotatable bonds is 6. The highest BCUT2D eigenvalue weighted by molar-refractivity contribution is 7.13. The van der Waals surface area contributed by atoms with Gasteiger partial charge in [-0.05, 0) is 24.3 Å². The van der Waals surface area contributed by atoms with Crippen LogP contribution in [0.15, 0.2) is 52.5 Å². The molecule has 0 unspecified atom stereocenters. The van der Waals surface area contributed by atoms with Crippen molar-refractivity contribution < 1.29 is 18.7 Å². The van der Waals surface area contributed by atoms with Crippen LogP contribution in [0.2, 0.25) is 5.02 Å². The van der Waals surface area contributed by atoms with Crippen LogP contribution in [0.25, 0.3) is 10.6 Å². The molecule has 0 bridgehead atoms. The van der Waals surface area contributed by atoms with Gasteiger partial charge in [0.05, 0.1) is 12.0 Å². The van der Waals surface area contributed by atoms with Crippen molar-refractivity contribution in [2.75, 3.05) is 6.54 Å². The lowest BCUT2D eigenvalue weighted by atomic mass is 10.2. The molecular formula is C17H13ClN2O4S. The summed E-state index contributed by atoms with van der Waals surface area (Å²) in [6.45, 7) is -0.201. The number of esters is 1. The van der Waals surface area contributed by atoms with E-state index in [0.29, 0.717) is 10.7 Å². The Balaban J connectivity index is 1.48. The highest BCUT2D eigenvalue weighted by Crippen LogP contribution is 2.25. The summed E-state index contributed by atoms with van der Waals surface area (Å²) in [5, 5.41) is 5.71. The van der Waals surface area contributed by atoms with Gasteiger partial charge in [-0.3, -0.25) is 9.59 Å². The van der Waals surface area contributed by atoms with E-state index in [9.17, 15) is 9.59 Å². The highest BCUT2D eigenvalue weighted by atomic mass is 35.5. The maximum atomic E-state index is 11.7. The van der Waals surface area contributed by atoms with Gasteiger partial charge in [-0.1, -0.05) is 23.7 Å². The number of furan rings is 1. The number of nitrogens with zero attached hydrogens (tertiary/aromatic N) is 1. The van der Waals surface area contributed by atoms with Gasteiger partial charge in [0.15, 0.2) is 5.76 Å². The number of halogens is 1. The minimum Gasteiger partial charge on any atom is -0.459 e. The van der Waals surface area contributed by atoms with E-state index in [1.165, 1.54) is 23.7 Å². The number of aromatic nitrogens is 1. The van der Waals surface area contributed by atoms with E-state index in [1.807, 2.05) is 17.5 Å². The number of benzene rings is 1. The predicted molar refractivity (Wildman–Crippen MR) is 93.4 cm³/mol. The average Bonchev–Trinajstić information content (AvgIpc) is 3.30. The molecule has 128 valence electrons. The normalized spacial score (nSPS) is 10.4. The lowest BCUT2D eigenvalue weighted by molar-refractivity contribution is -0.143. The van der Waals surface area contributed by atoms with Crippen LogP contribution >= 0.6 is 22.9 Å². The Kier molecular flexibility index (Phi) is 5.47. The second-order valence-electron chi connectivity index (χ2n) is 4.97. The molecule has 3 aromatic rings. The third-order valence-electron chi connectivity index (χ3n) is 3.16. The molecule has 25 heavy (non-hydrogen) atoms. The van der Waals surface area contributed by atoms with E-state index < -0.39 is 11.9 Å². The molecule has 0 radical (unpaired) electrons. The van der Waals surface area contributed by atoms with E-state index in [2.05, 4.69) is 10.3 Å². The Morgan fingerprint density at radius 3 is 2.76 bits per heavy atom. The van der Waals surface area contributed by atoms with Gasteiger partial charge in [-0.25, -0.2) is 4.98 Å². The fourth-order valence-electron chi connectivity index (χ4n) is 1.95. The monoisotopic (exact) mass is 376 g/mol. The average molecular weight is 377 g/mol. The van der Waals surface area contributed by atoms with Gasteiger partial charge < -0.3 is 14.5 Å². The molecule has 6 nitrogen and oxygen atoms in total. The number of hydrogen-bond acceptors (Lipinski definition) is 6. The van der Waals surface area contributed by atoms with E-state index >= 15 is 0 Å². The number of thiazole rings is 1. The van der Waals surface area contributed by atoms with Crippen molar-refractivity contribution in [2.45, 2.75) is 6.61 Å². The first kappa shape index (κ1) is 17.2. The Hall–Kier alpha value is -2.64. The largest absolute Gasteiger partial charge is 0.459 e. The van der Waals surface area contributed by atoms with Gasteiger partial charge in [-0.2, -0.15) is 0 Å². The van der Waals surface area contributed by atoms with Crippen molar-refractivity contribution in [1.29, 1.82) is 0 Å². The summed E-state index contributed by atoms with van der Waals surface area (Å²) in [4.78, 5) is 27.7. The summed E-state index contributed by atoms with van der Waals surface area (Å²) >= 11 is 7.31. The van der Waals surface area contributed by atoms with Crippen molar-refractivity contribution in [3.05, 3.63) is 64.5 Å². The maximum Gasteiger partial charge on any atom is 0.325 e. The summed E-state index contributed by atoms with van der Waals surface area (Å²) in [7, 11) is 0. The number of carbonyl (C=O) groups excluding carboxylic acids is 2. The van der Waals surface area contributed by atoms with E-state index in [-0.39, 0.29) is 18.9 Å². The molecule has 0 aliphatic carbocycles. The summed E-state index contributed by atoms with van der Waals surface area (Å²) in [5.41, 5.74) is 1.58. The number of ether oxygens (including phenoxy) is 1. The van der Waals surface area contributed by atoms with Crippen LogP contribution in [0.5, 0.6) is 0 Å². The van der Waals surface area contributed by atoms with Crippen molar-refractivity contribution in [3.63, 3.8) is 0 Å². The third kappa shape index (κ3) is 4.68. The molecule has 1 N–H and O–H groups in total. The van der Waals surface area contributed by atoms with Gasteiger partial charge in [-0.15, -0.1) is 11.3 Å². The predicted octanol–water partition coefficient (Wildman–Crippen LogP) is 3.53. The summed E-state index contributed by atoms with van der Waals surface area (Å²) in [6, 6.07) is 10.4. The number of hydrogen-bond donors (Lipinski definition) is 1. The van der Waals surface area contributed by atoms with Crippen molar-refractivity contribution in [1.82, 2.24) is 10.3 Å². The van der Waals surface area contributed by atoms with Crippen LogP contribution in [0, 0.1) is 0 Å². The molecule has 1 amide bonds. The third-order valence-corrected chi connectivity index (χ3v) is 4.35. The van der Waals surface area contributed by atoms with Gasteiger partial charge in [0, 0.05) is 16.0 Å². The zero-order valence-corrected chi connectivity index (χ0v) is 14.5. The second kappa shape index (κ2) is 7.96. The molecule has 8 heteroatoms. The fourth-order valence-corrected chi connectivity index (χ4v) is 2.89. The highest BCUT2D eigenvalue weighted by Gasteiger charge is 2.12. The van der Waals surface area contributed by atoms with Crippen LogP contribution in [0.4, 0.5) is 0 Å². The first-order chi connectivity index (χ1) is 12.1. The van der Waals surface area contributed by atoms with Crippen LogP contribution in [0.1, 0.15) is 16.2 Å². The standard InChI is InChI=1S/C17H13ClN2O4S/c18-12-5-3-11(4-6-12)17-20-13(10-25-17)9-24-15(21)8-19-16(22)14-2-1-7-23-14/h1-7,10H,8-9H2,(H,19,22). The SMILES string of the molecule is O=C(CNC(=O)c1ccco1)OCc1csc(-c2ccc(Cl)cc2)n1. The Bertz CT molecular complexity index is 859. The number of nitrogens with one attached hydrogen (secondary N) is 1. The van der Waals surface area contributed by atoms with Gasteiger partial charge in [0.1, 0.15) is 18.2 Å². The summed E-state index contributed by atoms with van der Waals surface area (Å²) < 4.78 is 10.0. The lowest BCUT2D eigenvalue weighted by Gasteiger charge is -2.04. The molecule has 0 fully saturated rings. The molecule has 1 aromatic carbocycles. The van der Waals surface area contributed by atoms with Crippen molar-refractivity contribution >= 4 is 34.8 Å². The first-order valence-corrected chi connectivity index (χ1v) is 8.55. The zero-order chi connectivity index (χ0) is 17.6. The lowest BCUT2D eigenvalue weighted by Crippen LogP contribution is -2.30. The maximum absolute atomic E-state index is 11.7. The Labute approximate surface area is 152 Å². The van der Waals surface area contributed by atoms with Gasteiger partial charge >= 0.3 is 5.97 Å². The van der Waals surface area contributed by atoms with Crippen molar-refractivity contribution in [2.24, 2.45) is 0 Å². The van der Waals surface area contributed by atoms with E-state index in [1.54, 1.807) is 18.2 Å². The quantitative estimate of drug-likeness (QED) is 0.665. The van der Waals surface area contributed by atoms with Crippen LogP contribution in [-0.2, 0) is 16.1 Å². The molecule has 0 atom stereocenters. The number of carbonyl (C=O) groups is 2. The molecule has 0 saturated carbocycles. The molecule has 0 spiro atoms. The molecule has 0 aliphatic heterocycles. The van der Waals surface area contributed by atoms with Gasteiger partial charge in [0.2, 0.25) is 0 Å². The molecule has 0 saturated heterocycles. The minimum atomic E-state index is -0.555. The van der Waals surface area contributed by atoms with Crippen LogP contribution in [-0.4, -0.2) is 23.4 Å². The summed E-state index contributed by atoms with van der Waals surface area (Å²) in [5.74, 6) is -0.888. The molecular weight excluding hydrogens is 364 g/mol. The van der Waals surface area contributed by atoms with Crippen LogP contribution in [0.3, 0.4) is 0 Å². The Morgan fingerprint density at radius 2 is 2.04 bits per heavy atom. The molecule has 2 aromatic heterocycles. The Morgan fingerprint density at radius 1 is 1.24 bits per heavy atom. The van der Waals surface area contributed by atoms with E-state index in [0.717, 1.165) is 10.6 Å². The number of amides is 1.